The van der Waals surface area contributed by atoms with Crippen molar-refractivity contribution in [2.75, 3.05) is 0 Å². The summed E-state index contributed by atoms with van der Waals surface area (Å²) in [5, 5.41) is -0.155. The van der Waals surface area contributed by atoms with Crippen LogP contribution in [0.3, 0.4) is 0 Å². The Labute approximate surface area is 127 Å². The monoisotopic (exact) mass is 335 g/mol. The van der Waals surface area contributed by atoms with Crippen LogP contribution in [0.15, 0.2) is 18.2 Å². The zero-order chi connectivity index (χ0) is 16.5. The summed E-state index contributed by atoms with van der Waals surface area (Å²) in [6, 6.07) is 2.96. The van der Waals surface area contributed by atoms with Crippen molar-refractivity contribution >= 4 is 29.4 Å². The first-order valence-corrected chi connectivity index (χ1v) is 6.48. The molecule has 1 aromatic carbocycles. The first kappa shape index (κ1) is 16.3. The van der Waals surface area contributed by atoms with Crippen LogP contribution in [0.25, 0.3) is 0 Å². The van der Waals surface area contributed by atoms with Crippen LogP contribution < -0.4 is 0 Å². The molecule has 0 aliphatic carbocycles. The molecule has 0 unspecified atom stereocenters. The molecule has 9 heteroatoms. The topological polar surface area (TPSA) is 63.7 Å². The summed E-state index contributed by atoms with van der Waals surface area (Å²) >= 11 is 5.46. The molecule has 1 saturated heterocycles. The van der Waals surface area contributed by atoms with Crippen LogP contribution in [0.4, 0.5) is 13.2 Å². The molecule has 1 aliphatic rings. The molecule has 22 heavy (non-hydrogen) atoms. The second-order valence-corrected chi connectivity index (χ2v) is 4.94. The number of alkyl halides is 3. The van der Waals surface area contributed by atoms with Gasteiger partial charge < -0.3 is 4.84 Å². The highest BCUT2D eigenvalue weighted by molar-refractivity contribution is 6.31. The number of hydrogen-bond donors (Lipinski definition) is 0. The Hall–Kier alpha value is -2.09. The van der Waals surface area contributed by atoms with Crippen molar-refractivity contribution in [1.29, 1.82) is 0 Å². The molecular formula is C13H9ClF3NO4. The van der Waals surface area contributed by atoms with Gasteiger partial charge in [-0.1, -0.05) is 17.7 Å². The third kappa shape index (κ3) is 3.56. The van der Waals surface area contributed by atoms with Crippen molar-refractivity contribution in [2.24, 2.45) is 0 Å². The molecule has 118 valence electrons. The summed E-state index contributed by atoms with van der Waals surface area (Å²) in [5.74, 6) is -2.34. The van der Waals surface area contributed by atoms with Crippen LogP contribution in [0, 0.1) is 0 Å². The average molecular weight is 336 g/mol. The quantitative estimate of drug-likeness (QED) is 0.796. The number of hydroxylamine groups is 2. The number of benzene rings is 1. The van der Waals surface area contributed by atoms with Gasteiger partial charge in [0.05, 0.1) is 17.0 Å². The molecule has 0 spiro atoms. The van der Waals surface area contributed by atoms with E-state index in [4.69, 9.17) is 11.6 Å². The molecule has 0 radical (unpaired) electrons. The smallest absolute Gasteiger partial charge is 0.330 e. The lowest BCUT2D eigenvalue weighted by molar-refractivity contribution is -0.197. The molecule has 1 heterocycles. The molecule has 0 aromatic heterocycles. The van der Waals surface area contributed by atoms with E-state index in [1.165, 1.54) is 6.07 Å². The van der Waals surface area contributed by atoms with Crippen LogP contribution in [0.2, 0.25) is 5.02 Å². The number of carbonyl (C=O) groups is 3. The van der Waals surface area contributed by atoms with E-state index in [2.05, 4.69) is 4.84 Å². The molecule has 0 N–H and O–H groups in total. The lowest BCUT2D eigenvalue weighted by atomic mass is 10.1. The van der Waals surface area contributed by atoms with Gasteiger partial charge in [0, 0.05) is 12.8 Å². The number of amides is 2. The fourth-order valence-corrected chi connectivity index (χ4v) is 2.08. The predicted molar refractivity (Wildman–Crippen MR) is 67.3 cm³/mol. The zero-order valence-corrected chi connectivity index (χ0v) is 11.7. The molecule has 1 aromatic rings. The highest BCUT2D eigenvalue weighted by atomic mass is 35.5. The molecule has 2 amide bonds. The number of rotatable bonds is 3. The van der Waals surface area contributed by atoms with E-state index in [0.717, 1.165) is 12.1 Å². The van der Waals surface area contributed by atoms with Crippen LogP contribution >= 0.6 is 11.6 Å². The Kier molecular flexibility index (Phi) is 4.41. The summed E-state index contributed by atoms with van der Waals surface area (Å²) < 4.78 is 38.1. The maximum atomic E-state index is 12.7. The van der Waals surface area contributed by atoms with Crippen LogP contribution in [-0.2, 0) is 31.8 Å². The van der Waals surface area contributed by atoms with Crippen molar-refractivity contribution in [3.8, 4) is 0 Å². The van der Waals surface area contributed by atoms with E-state index in [9.17, 15) is 27.6 Å². The van der Waals surface area contributed by atoms with Crippen LogP contribution in [0.1, 0.15) is 24.0 Å². The van der Waals surface area contributed by atoms with E-state index < -0.39 is 41.0 Å². The van der Waals surface area contributed by atoms with Crippen molar-refractivity contribution in [3.05, 3.63) is 34.3 Å². The number of hydrogen-bond acceptors (Lipinski definition) is 4. The van der Waals surface area contributed by atoms with Crippen molar-refractivity contribution < 1.29 is 32.4 Å². The van der Waals surface area contributed by atoms with Crippen molar-refractivity contribution in [3.63, 3.8) is 0 Å². The summed E-state index contributed by atoms with van der Waals surface area (Å²) in [6.45, 7) is 0. The fourth-order valence-electron chi connectivity index (χ4n) is 1.86. The lowest BCUT2D eigenvalue weighted by Gasteiger charge is -2.13. The second-order valence-electron chi connectivity index (χ2n) is 4.53. The standard InChI is InChI=1S/C13H9ClF3NO4/c14-9-2-1-7(5-8(9)13(15,16)17)6-12(21)22-18-10(19)3-4-11(18)20/h1-2,5H,3-4,6H2. The first-order chi connectivity index (χ1) is 10.2. The van der Waals surface area contributed by atoms with E-state index in [0.29, 0.717) is 5.06 Å². The minimum atomic E-state index is -4.65. The minimum absolute atomic E-state index is 0.000759. The minimum Gasteiger partial charge on any atom is -0.330 e. The largest absolute Gasteiger partial charge is 0.417 e. The van der Waals surface area contributed by atoms with Crippen LogP contribution in [-0.4, -0.2) is 22.8 Å². The molecule has 1 aliphatic heterocycles. The van der Waals surface area contributed by atoms with Gasteiger partial charge in [0.25, 0.3) is 11.8 Å². The van der Waals surface area contributed by atoms with E-state index in [1.54, 1.807) is 0 Å². The van der Waals surface area contributed by atoms with Crippen LogP contribution in [0.5, 0.6) is 0 Å². The Balaban J connectivity index is 2.09. The molecule has 2 rings (SSSR count). The molecule has 0 saturated carbocycles. The second kappa shape index (κ2) is 5.96. The predicted octanol–water partition coefficient (Wildman–Crippen LogP) is 2.51. The Morgan fingerprint density at radius 2 is 1.82 bits per heavy atom. The molecule has 0 bridgehead atoms. The molecular weight excluding hydrogens is 327 g/mol. The summed E-state index contributed by atoms with van der Waals surface area (Å²) in [5.41, 5.74) is -1.08. The first-order valence-electron chi connectivity index (χ1n) is 6.10. The molecule has 5 nitrogen and oxygen atoms in total. The van der Waals surface area contributed by atoms with Gasteiger partial charge in [-0.05, 0) is 17.7 Å². The molecule has 1 fully saturated rings. The third-order valence-corrected chi connectivity index (χ3v) is 3.21. The van der Waals surface area contributed by atoms with Crippen molar-refractivity contribution in [1.82, 2.24) is 5.06 Å². The summed E-state index contributed by atoms with van der Waals surface area (Å²) in [4.78, 5) is 38.7. The van der Waals surface area contributed by atoms with Gasteiger partial charge in [-0.25, -0.2) is 4.79 Å². The fraction of sp³-hybridized carbons (Fsp3) is 0.308. The van der Waals surface area contributed by atoms with Gasteiger partial charge in [0.1, 0.15) is 0 Å². The number of imide groups is 1. The van der Waals surface area contributed by atoms with Gasteiger partial charge >= 0.3 is 12.1 Å². The van der Waals surface area contributed by atoms with E-state index in [-0.39, 0.29) is 18.4 Å². The Bertz CT molecular complexity index is 629. The normalized spacial score (nSPS) is 15.4. The summed E-state index contributed by atoms with van der Waals surface area (Å²) in [7, 11) is 0. The number of carbonyl (C=O) groups excluding carboxylic acids is 3. The molecule has 0 atom stereocenters. The van der Waals surface area contributed by atoms with E-state index >= 15 is 0 Å². The van der Waals surface area contributed by atoms with Gasteiger partial charge in [0.2, 0.25) is 0 Å². The highest BCUT2D eigenvalue weighted by Gasteiger charge is 2.34. The SMILES string of the molecule is O=C(Cc1ccc(Cl)c(C(F)(F)F)c1)ON1C(=O)CCC1=O. The zero-order valence-electron chi connectivity index (χ0n) is 10.9. The summed E-state index contributed by atoms with van der Waals surface area (Å²) in [6.07, 6.45) is -5.31. The highest BCUT2D eigenvalue weighted by Crippen LogP contribution is 2.35. The van der Waals surface area contributed by atoms with E-state index in [1.807, 2.05) is 0 Å². The Morgan fingerprint density at radius 1 is 1.23 bits per heavy atom. The average Bonchev–Trinajstić information content (AvgIpc) is 2.71. The maximum absolute atomic E-state index is 12.7. The van der Waals surface area contributed by atoms with Gasteiger partial charge in [-0.2, -0.15) is 13.2 Å². The third-order valence-electron chi connectivity index (χ3n) is 2.88. The maximum Gasteiger partial charge on any atom is 0.417 e. The van der Waals surface area contributed by atoms with Gasteiger partial charge in [-0.3, -0.25) is 9.59 Å². The number of nitrogens with zero attached hydrogens (tertiary/aromatic N) is 1. The van der Waals surface area contributed by atoms with Gasteiger partial charge in [0.15, 0.2) is 0 Å². The van der Waals surface area contributed by atoms with Gasteiger partial charge in [-0.15, -0.1) is 5.06 Å². The lowest BCUT2D eigenvalue weighted by Crippen LogP contribution is -2.32. The van der Waals surface area contributed by atoms with Crippen molar-refractivity contribution in [2.45, 2.75) is 25.4 Å². The Morgan fingerprint density at radius 3 is 2.36 bits per heavy atom. The number of halogens is 4.